The van der Waals surface area contributed by atoms with Crippen molar-refractivity contribution in [3.63, 3.8) is 0 Å². The highest BCUT2D eigenvalue weighted by Gasteiger charge is 1.80. The van der Waals surface area contributed by atoms with Gasteiger partial charge in [-0.25, -0.2) is 0 Å². The van der Waals surface area contributed by atoms with E-state index in [9.17, 15) is 0 Å². The molecule has 0 spiro atoms. The maximum absolute atomic E-state index is 8.02. The van der Waals surface area contributed by atoms with Crippen molar-refractivity contribution in [1.29, 1.82) is 5.26 Å². The van der Waals surface area contributed by atoms with E-state index in [2.05, 4.69) is 12.5 Å². The minimum absolute atomic E-state index is 0.372. The Morgan fingerprint density at radius 2 is 2.43 bits per heavy atom. The van der Waals surface area contributed by atoms with Gasteiger partial charge in [-0.05, 0) is 0 Å². The number of rotatable bonds is 1. The molecule has 34 valence electrons. The van der Waals surface area contributed by atoms with Gasteiger partial charge < -0.3 is 0 Å². The lowest BCUT2D eigenvalue weighted by atomic mass is 10.2. The summed E-state index contributed by atoms with van der Waals surface area (Å²) in [4.78, 5) is 0. The normalized spacial score (nSPS) is 6.00. The van der Waals surface area contributed by atoms with E-state index < -0.39 is 0 Å². The van der Waals surface area contributed by atoms with Crippen molar-refractivity contribution >= 4 is 0 Å². The average Bonchev–Trinajstić information content (AvgIpc) is 1.68. The zero-order valence-electron chi connectivity index (χ0n) is 3.94. The lowest BCUT2D eigenvalue weighted by Crippen LogP contribution is -1.67. The first kappa shape index (κ1) is 5.79. The fourth-order valence-corrected chi connectivity index (χ4v) is 0.163. The molecule has 0 saturated carbocycles. The first-order valence-corrected chi connectivity index (χ1v) is 1.82. The van der Waals surface area contributed by atoms with Gasteiger partial charge in [0, 0.05) is 12.0 Å². The molecule has 0 aromatic carbocycles. The molecule has 0 saturated heterocycles. The highest BCUT2D eigenvalue weighted by Crippen LogP contribution is 1.89. The Balaban J connectivity index is 3.50. The van der Waals surface area contributed by atoms with Crippen LogP contribution in [0.5, 0.6) is 0 Å². The minimum Gasteiger partial charge on any atom is -0.193 e. The summed E-state index contributed by atoms with van der Waals surface area (Å²) < 4.78 is 0. The second-order valence-corrected chi connectivity index (χ2v) is 1.10. The molecule has 0 heterocycles. The third-order valence-corrected chi connectivity index (χ3v) is 0.474. The lowest BCUT2D eigenvalue weighted by molar-refractivity contribution is 1.34. The van der Waals surface area contributed by atoms with E-state index in [0.717, 1.165) is 0 Å². The van der Waals surface area contributed by atoms with Crippen LogP contribution in [0.2, 0.25) is 0 Å². The molecule has 0 fully saturated rings. The molecule has 0 rings (SSSR count). The summed E-state index contributed by atoms with van der Waals surface area (Å²) in [5.74, 6) is 2.30. The van der Waals surface area contributed by atoms with Crippen LogP contribution in [0.15, 0.2) is 12.2 Å². The van der Waals surface area contributed by atoms with Crippen LogP contribution in [0.3, 0.4) is 0 Å². The summed E-state index contributed by atoms with van der Waals surface area (Å²) in [7, 11) is 0. The average molecular weight is 91.1 g/mol. The van der Waals surface area contributed by atoms with E-state index in [4.69, 9.17) is 11.7 Å². The first-order valence-electron chi connectivity index (χ1n) is 1.82. The summed E-state index contributed by atoms with van der Waals surface area (Å²) >= 11 is 0. The number of hydrogen-bond donors (Lipinski definition) is 0. The summed E-state index contributed by atoms with van der Waals surface area (Å²) in [6.07, 6.45) is 5.21. The van der Waals surface area contributed by atoms with Gasteiger partial charge in [0.15, 0.2) is 0 Å². The number of allylic oxidation sites excluding steroid dienone is 1. The lowest BCUT2D eigenvalue weighted by Gasteiger charge is -1.76. The van der Waals surface area contributed by atoms with Gasteiger partial charge in [0.2, 0.25) is 0 Å². The van der Waals surface area contributed by atoms with Crippen molar-refractivity contribution in [2.24, 2.45) is 0 Å². The summed E-state index contributed by atoms with van der Waals surface area (Å²) in [5.41, 5.74) is 0.447. The molecule has 7 heavy (non-hydrogen) atoms. The topological polar surface area (TPSA) is 23.8 Å². The predicted octanol–water partition coefficient (Wildman–Crippen LogP) is 1.09. The van der Waals surface area contributed by atoms with Crippen LogP contribution >= 0.6 is 0 Å². The van der Waals surface area contributed by atoms with E-state index in [1.165, 1.54) is 0 Å². The highest BCUT2D eigenvalue weighted by molar-refractivity contribution is 5.20. The molecule has 1 nitrogen and oxygen atoms in total. The monoisotopic (exact) mass is 91.0 g/mol. The van der Waals surface area contributed by atoms with Gasteiger partial charge in [0.25, 0.3) is 0 Å². The summed E-state index contributed by atoms with van der Waals surface area (Å²) in [6, 6.07) is 1.83. The maximum atomic E-state index is 8.02. The highest BCUT2D eigenvalue weighted by atomic mass is 14.2. The third kappa shape index (κ3) is 2.60. The molecule has 0 aromatic rings. The second-order valence-electron chi connectivity index (χ2n) is 1.10. The van der Waals surface area contributed by atoms with Gasteiger partial charge in [-0.2, -0.15) is 5.26 Å². The Hall–Kier alpha value is -1.21. The molecule has 0 N–H and O–H groups in total. The minimum atomic E-state index is 0.372. The van der Waals surface area contributed by atoms with E-state index in [0.29, 0.717) is 12.0 Å². The Morgan fingerprint density at radius 1 is 1.86 bits per heavy atom. The quantitative estimate of drug-likeness (QED) is 0.350. The SMILES string of the molecule is C#CCC(=C)C#N. The number of nitriles is 1. The van der Waals surface area contributed by atoms with Gasteiger partial charge in [0.05, 0.1) is 6.07 Å². The molecular weight excluding hydrogens is 86.1 g/mol. The first-order chi connectivity index (χ1) is 3.31. The van der Waals surface area contributed by atoms with Crippen molar-refractivity contribution in [2.45, 2.75) is 6.42 Å². The summed E-state index contributed by atoms with van der Waals surface area (Å²) in [6.45, 7) is 3.36. The van der Waals surface area contributed by atoms with Crippen molar-refractivity contribution < 1.29 is 0 Å². The molecule has 0 aliphatic rings. The van der Waals surface area contributed by atoms with Crippen LogP contribution in [0.1, 0.15) is 6.42 Å². The smallest absolute Gasteiger partial charge is 0.0951 e. The molecular formula is C6H5N. The van der Waals surface area contributed by atoms with Gasteiger partial charge in [0.1, 0.15) is 0 Å². The Labute approximate surface area is 43.3 Å². The second kappa shape index (κ2) is 3.00. The molecule has 1 heteroatoms. The van der Waals surface area contributed by atoms with Crippen molar-refractivity contribution in [3.05, 3.63) is 12.2 Å². The Kier molecular flexibility index (Phi) is 2.48. The van der Waals surface area contributed by atoms with Crippen LogP contribution in [0, 0.1) is 23.7 Å². The Bertz CT molecular complexity index is 143. The van der Waals surface area contributed by atoms with Crippen LogP contribution in [-0.2, 0) is 0 Å². The van der Waals surface area contributed by atoms with Gasteiger partial charge in [-0.3, -0.25) is 0 Å². The van der Waals surface area contributed by atoms with E-state index in [1.807, 2.05) is 6.07 Å². The van der Waals surface area contributed by atoms with Gasteiger partial charge >= 0.3 is 0 Å². The molecule has 0 bridgehead atoms. The fourth-order valence-electron chi connectivity index (χ4n) is 0.163. The Morgan fingerprint density at radius 3 is 2.57 bits per heavy atom. The molecule has 0 aliphatic carbocycles. The molecule has 0 aliphatic heterocycles. The van der Waals surface area contributed by atoms with Crippen LogP contribution in [0.25, 0.3) is 0 Å². The van der Waals surface area contributed by atoms with Crippen molar-refractivity contribution in [3.8, 4) is 18.4 Å². The van der Waals surface area contributed by atoms with Crippen LogP contribution in [-0.4, -0.2) is 0 Å². The van der Waals surface area contributed by atoms with Gasteiger partial charge in [-0.1, -0.05) is 6.58 Å². The standard InChI is InChI=1S/C6H5N/c1-3-4-6(2)5-7/h1H,2,4H2. The van der Waals surface area contributed by atoms with Crippen molar-refractivity contribution in [1.82, 2.24) is 0 Å². The summed E-state index contributed by atoms with van der Waals surface area (Å²) in [5, 5.41) is 8.02. The van der Waals surface area contributed by atoms with E-state index >= 15 is 0 Å². The van der Waals surface area contributed by atoms with Crippen LogP contribution in [0.4, 0.5) is 0 Å². The third-order valence-electron chi connectivity index (χ3n) is 0.474. The fraction of sp³-hybridized carbons (Fsp3) is 0.167. The number of terminal acetylenes is 1. The maximum Gasteiger partial charge on any atom is 0.0951 e. The molecule has 0 aromatic heterocycles. The molecule has 0 amide bonds. The van der Waals surface area contributed by atoms with E-state index in [1.54, 1.807) is 0 Å². The zero-order chi connectivity index (χ0) is 5.70. The van der Waals surface area contributed by atoms with Crippen LogP contribution < -0.4 is 0 Å². The van der Waals surface area contributed by atoms with Crippen molar-refractivity contribution in [2.75, 3.05) is 0 Å². The number of hydrogen-bond acceptors (Lipinski definition) is 1. The predicted molar refractivity (Wildman–Crippen MR) is 28.2 cm³/mol. The molecule has 0 atom stereocenters. The molecule has 0 radical (unpaired) electrons. The van der Waals surface area contributed by atoms with E-state index in [-0.39, 0.29) is 0 Å². The van der Waals surface area contributed by atoms with Gasteiger partial charge in [-0.15, -0.1) is 12.3 Å². The number of nitrogens with zero attached hydrogens (tertiary/aromatic N) is 1. The zero-order valence-corrected chi connectivity index (χ0v) is 3.94. The largest absolute Gasteiger partial charge is 0.193 e. The molecule has 0 unspecified atom stereocenters.